The van der Waals surface area contributed by atoms with Crippen LogP contribution in [0.2, 0.25) is 0 Å². The monoisotopic (exact) mass is 379 g/mol. The summed E-state index contributed by atoms with van der Waals surface area (Å²) in [5.41, 5.74) is 2.90. The van der Waals surface area contributed by atoms with E-state index in [4.69, 9.17) is 0 Å². The van der Waals surface area contributed by atoms with Crippen LogP contribution in [0.1, 0.15) is 24.2 Å². The Labute approximate surface area is 153 Å². The average molecular weight is 379 g/mol. The molecule has 0 atom stereocenters. The Kier molecular flexibility index (Phi) is 6.33. The summed E-state index contributed by atoms with van der Waals surface area (Å²) < 4.78 is 40.6. The second-order valence-electron chi connectivity index (χ2n) is 5.57. The number of sulfonamides is 1. The molecule has 1 N–H and O–H groups in total. The lowest BCUT2D eigenvalue weighted by molar-refractivity contribution is 0.0947. The fourth-order valence-electron chi connectivity index (χ4n) is 2.48. The summed E-state index contributed by atoms with van der Waals surface area (Å²) in [7, 11) is -2.17. The van der Waals surface area contributed by atoms with Gasteiger partial charge in [0, 0.05) is 20.1 Å². The number of benzene rings is 2. The van der Waals surface area contributed by atoms with Crippen molar-refractivity contribution in [2.45, 2.75) is 18.7 Å². The Morgan fingerprint density at radius 3 is 2.27 bits per heavy atom. The molecule has 0 bridgehead atoms. The first-order valence-corrected chi connectivity index (χ1v) is 9.64. The second-order valence-corrected chi connectivity index (χ2v) is 7.50. The van der Waals surface area contributed by atoms with Gasteiger partial charge in [-0.2, -0.15) is 4.31 Å². The van der Waals surface area contributed by atoms with Crippen LogP contribution < -0.4 is 10.4 Å². The Morgan fingerprint density at radius 1 is 1.08 bits per heavy atom. The first-order valence-electron chi connectivity index (χ1n) is 8.20. The molecule has 0 aliphatic carbocycles. The normalized spacial score (nSPS) is 11.4. The standard InChI is InChI=1S/C18H22FN3O3S/c1-4-22(5-2)26(24,25)15-11-12-17(19)16(13-15)18(23)20-21(3)14-9-7-6-8-10-14/h6-13H,4-5H2,1-3H3,(H,20,23). The number of amides is 1. The van der Waals surface area contributed by atoms with Crippen LogP contribution in [0.3, 0.4) is 0 Å². The molecular formula is C18H22FN3O3S. The van der Waals surface area contributed by atoms with Crippen molar-refractivity contribution < 1.29 is 17.6 Å². The number of halogens is 1. The summed E-state index contributed by atoms with van der Waals surface area (Å²) in [4.78, 5) is 12.3. The van der Waals surface area contributed by atoms with Gasteiger partial charge in [0.05, 0.1) is 16.1 Å². The van der Waals surface area contributed by atoms with E-state index in [1.807, 2.05) is 6.07 Å². The van der Waals surface area contributed by atoms with Crippen molar-refractivity contribution in [3.05, 3.63) is 59.9 Å². The molecule has 8 heteroatoms. The minimum atomic E-state index is -3.78. The molecule has 0 aromatic heterocycles. The van der Waals surface area contributed by atoms with Crippen molar-refractivity contribution in [2.75, 3.05) is 25.1 Å². The van der Waals surface area contributed by atoms with E-state index < -0.39 is 21.7 Å². The number of nitrogens with one attached hydrogen (secondary N) is 1. The molecule has 0 spiro atoms. The van der Waals surface area contributed by atoms with Crippen LogP contribution in [0.5, 0.6) is 0 Å². The molecule has 0 saturated heterocycles. The van der Waals surface area contributed by atoms with Gasteiger partial charge in [-0.3, -0.25) is 15.2 Å². The van der Waals surface area contributed by atoms with Crippen LogP contribution in [-0.2, 0) is 10.0 Å². The third kappa shape index (κ3) is 4.20. The Hall–Kier alpha value is -2.45. The van der Waals surface area contributed by atoms with Crippen molar-refractivity contribution in [3.63, 3.8) is 0 Å². The van der Waals surface area contributed by atoms with Crippen LogP contribution in [0, 0.1) is 5.82 Å². The molecule has 6 nitrogen and oxygen atoms in total. The van der Waals surface area contributed by atoms with E-state index >= 15 is 0 Å². The summed E-state index contributed by atoms with van der Waals surface area (Å²) in [5, 5.41) is 1.44. The lowest BCUT2D eigenvalue weighted by Crippen LogP contribution is -2.40. The molecule has 0 radical (unpaired) electrons. The zero-order valence-electron chi connectivity index (χ0n) is 14.9. The fourth-order valence-corrected chi connectivity index (χ4v) is 3.96. The maximum atomic E-state index is 14.1. The number of para-hydroxylation sites is 1. The van der Waals surface area contributed by atoms with Gasteiger partial charge in [-0.15, -0.1) is 0 Å². The molecule has 2 rings (SSSR count). The summed E-state index contributed by atoms with van der Waals surface area (Å²) >= 11 is 0. The van der Waals surface area contributed by atoms with Gasteiger partial charge < -0.3 is 0 Å². The van der Waals surface area contributed by atoms with Gasteiger partial charge in [0.2, 0.25) is 10.0 Å². The quantitative estimate of drug-likeness (QED) is 0.751. The van der Waals surface area contributed by atoms with Crippen LogP contribution in [0.4, 0.5) is 10.1 Å². The molecule has 2 aromatic carbocycles. The lowest BCUT2D eigenvalue weighted by Gasteiger charge is -2.21. The lowest BCUT2D eigenvalue weighted by atomic mass is 10.2. The Bertz CT molecular complexity index is 869. The van der Waals surface area contributed by atoms with Crippen molar-refractivity contribution in [3.8, 4) is 0 Å². The number of carbonyl (C=O) groups is 1. The summed E-state index contributed by atoms with van der Waals surface area (Å²) in [6.07, 6.45) is 0. The third-order valence-electron chi connectivity index (χ3n) is 3.94. The topological polar surface area (TPSA) is 69.7 Å². The zero-order chi connectivity index (χ0) is 19.3. The maximum Gasteiger partial charge on any atom is 0.272 e. The van der Waals surface area contributed by atoms with E-state index in [1.165, 1.54) is 15.4 Å². The number of carbonyl (C=O) groups excluding carboxylic acids is 1. The Morgan fingerprint density at radius 2 is 1.69 bits per heavy atom. The zero-order valence-corrected chi connectivity index (χ0v) is 15.8. The molecular weight excluding hydrogens is 357 g/mol. The van der Waals surface area contributed by atoms with Crippen LogP contribution in [0.25, 0.3) is 0 Å². The highest BCUT2D eigenvalue weighted by atomic mass is 32.2. The van der Waals surface area contributed by atoms with E-state index in [-0.39, 0.29) is 23.5 Å². The van der Waals surface area contributed by atoms with Gasteiger partial charge in [0.15, 0.2) is 0 Å². The molecule has 0 unspecified atom stereocenters. The van der Waals surface area contributed by atoms with Crippen LogP contribution in [0.15, 0.2) is 53.4 Å². The summed E-state index contributed by atoms with van der Waals surface area (Å²) in [6, 6.07) is 12.2. The predicted molar refractivity (Wildman–Crippen MR) is 98.8 cm³/mol. The van der Waals surface area contributed by atoms with Gasteiger partial charge in [-0.25, -0.2) is 12.8 Å². The highest BCUT2D eigenvalue weighted by Gasteiger charge is 2.24. The third-order valence-corrected chi connectivity index (χ3v) is 5.98. The van der Waals surface area contributed by atoms with Crippen LogP contribution in [-0.4, -0.2) is 38.8 Å². The molecule has 1 amide bonds. The number of hydrogen-bond donors (Lipinski definition) is 1. The van der Waals surface area contributed by atoms with E-state index in [2.05, 4.69) is 5.43 Å². The molecule has 0 heterocycles. The minimum Gasteiger partial charge on any atom is -0.288 e. The number of hydrazine groups is 1. The molecule has 0 fully saturated rings. The highest BCUT2D eigenvalue weighted by molar-refractivity contribution is 7.89. The summed E-state index contributed by atoms with van der Waals surface area (Å²) in [6.45, 7) is 4.00. The summed E-state index contributed by atoms with van der Waals surface area (Å²) in [5.74, 6) is -1.52. The number of nitrogens with zero attached hydrogens (tertiary/aromatic N) is 2. The molecule has 26 heavy (non-hydrogen) atoms. The Balaban J connectivity index is 2.31. The fraction of sp³-hybridized carbons (Fsp3) is 0.278. The van der Waals surface area contributed by atoms with Crippen LogP contribution >= 0.6 is 0 Å². The molecule has 0 aliphatic rings. The van der Waals surface area contributed by atoms with E-state index in [0.29, 0.717) is 5.69 Å². The number of hydrogen-bond acceptors (Lipinski definition) is 4. The van der Waals surface area contributed by atoms with Gasteiger partial charge in [0.1, 0.15) is 5.82 Å². The van der Waals surface area contributed by atoms with Crippen molar-refractivity contribution in [1.82, 2.24) is 9.73 Å². The first-order chi connectivity index (χ1) is 12.3. The van der Waals surface area contributed by atoms with Gasteiger partial charge in [-0.1, -0.05) is 32.0 Å². The van der Waals surface area contributed by atoms with Gasteiger partial charge in [-0.05, 0) is 30.3 Å². The number of anilines is 1. The van der Waals surface area contributed by atoms with E-state index in [1.54, 1.807) is 45.2 Å². The van der Waals surface area contributed by atoms with Gasteiger partial charge in [0.25, 0.3) is 5.91 Å². The van der Waals surface area contributed by atoms with E-state index in [9.17, 15) is 17.6 Å². The van der Waals surface area contributed by atoms with Crippen molar-refractivity contribution in [1.29, 1.82) is 0 Å². The van der Waals surface area contributed by atoms with Crippen molar-refractivity contribution >= 4 is 21.6 Å². The SMILES string of the molecule is CCN(CC)S(=O)(=O)c1ccc(F)c(C(=O)NN(C)c2ccccc2)c1. The van der Waals surface area contributed by atoms with Crippen molar-refractivity contribution in [2.24, 2.45) is 0 Å². The molecule has 0 aliphatic heterocycles. The largest absolute Gasteiger partial charge is 0.288 e. The maximum absolute atomic E-state index is 14.1. The van der Waals surface area contributed by atoms with E-state index in [0.717, 1.165) is 12.1 Å². The molecule has 0 saturated carbocycles. The number of rotatable bonds is 7. The minimum absolute atomic E-state index is 0.116. The molecule has 2 aromatic rings. The average Bonchev–Trinajstić information content (AvgIpc) is 2.63. The molecule has 140 valence electrons. The second kappa shape index (κ2) is 8.29. The highest BCUT2D eigenvalue weighted by Crippen LogP contribution is 2.19. The van der Waals surface area contributed by atoms with Gasteiger partial charge >= 0.3 is 0 Å². The predicted octanol–water partition coefficient (Wildman–Crippen LogP) is 2.64. The first kappa shape index (κ1) is 19.9. The smallest absolute Gasteiger partial charge is 0.272 e.